The van der Waals surface area contributed by atoms with E-state index >= 15 is 0 Å². The van der Waals surface area contributed by atoms with Crippen LogP contribution in [0.5, 0.6) is 0 Å². The van der Waals surface area contributed by atoms with Crippen LogP contribution in [-0.4, -0.2) is 92.1 Å². The van der Waals surface area contributed by atoms with Crippen LogP contribution in [0.3, 0.4) is 0 Å². The summed E-state index contributed by atoms with van der Waals surface area (Å²) in [6, 6.07) is 5.84. The van der Waals surface area contributed by atoms with Crippen LogP contribution in [0, 0.1) is 0 Å². The number of aliphatic carboxylic acids is 1. The van der Waals surface area contributed by atoms with Crippen molar-refractivity contribution in [1.82, 2.24) is 0 Å². The number of fused-ring (bicyclic) bond motifs is 2. The maximum atomic E-state index is 12.6. The van der Waals surface area contributed by atoms with Crippen LogP contribution < -0.4 is 4.90 Å². The molecule has 20 heteroatoms. The van der Waals surface area contributed by atoms with Gasteiger partial charge in [0, 0.05) is 59.5 Å². The van der Waals surface area contributed by atoms with Gasteiger partial charge in [-0.1, -0.05) is 19.9 Å². The lowest BCUT2D eigenvalue weighted by atomic mass is 9.81. The molecular formula is C32H41N2O14S4+. The monoisotopic (exact) mass is 805 g/mol. The molecule has 286 valence electrons. The molecule has 0 amide bonds. The van der Waals surface area contributed by atoms with Gasteiger partial charge >= 0.3 is 5.97 Å². The van der Waals surface area contributed by atoms with Gasteiger partial charge < -0.3 is 10.0 Å². The maximum Gasteiger partial charge on any atom is 0.303 e. The first-order valence-electron chi connectivity index (χ1n) is 15.9. The fourth-order valence-electron chi connectivity index (χ4n) is 6.82. The van der Waals surface area contributed by atoms with Crippen LogP contribution in [-0.2, 0) is 56.1 Å². The Hall–Kier alpha value is -3.50. The number of hydrogen-bond acceptors (Lipinski definition) is 10. The average molecular weight is 806 g/mol. The van der Waals surface area contributed by atoms with E-state index in [2.05, 4.69) is 0 Å². The molecule has 2 aliphatic rings. The molecule has 2 aromatic carbocycles. The normalized spacial score (nSPS) is 18.0. The quantitative estimate of drug-likeness (QED) is 0.0969. The van der Waals surface area contributed by atoms with E-state index in [4.69, 9.17) is 5.11 Å². The molecule has 52 heavy (non-hydrogen) atoms. The smallest absolute Gasteiger partial charge is 0.303 e. The summed E-state index contributed by atoms with van der Waals surface area (Å²) in [6.07, 6.45) is 6.29. The molecule has 0 bridgehead atoms. The van der Waals surface area contributed by atoms with Crippen molar-refractivity contribution < 1.29 is 66.4 Å². The Labute approximate surface area is 303 Å². The SMILES string of the molecule is CC1(C)C(/C=C/C=C2/N(CCCS(=O)(=O)O)c3cc(S(=O)(=O)O)cc(S(=O)(=O)O)c3C2(C)C)=[N+](CCCCCC(=O)O)c2ccc(S(=O)(=O)O)cc21. The Bertz CT molecular complexity index is 2340. The number of rotatable bonds is 15. The largest absolute Gasteiger partial charge is 0.481 e. The van der Waals surface area contributed by atoms with Crippen molar-refractivity contribution >= 4 is 63.5 Å². The molecule has 16 nitrogen and oxygen atoms in total. The number of anilines is 1. The minimum Gasteiger partial charge on any atom is -0.481 e. The van der Waals surface area contributed by atoms with Crippen molar-refractivity contribution in [1.29, 1.82) is 0 Å². The van der Waals surface area contributed by atoms with Crippen LogP contribution in [0.2, 0.25) is 0 Å². The first-order valence-corrected chi connectivity index (χ1v) is 21.8. The van der Waals surface area contributed by atoms with Gasteiger partial charge in [0.25, 0.3) is 40.5 Å². The van der Waals surface area contributed by atoms with Gasteiger partial charge in [-0.15, -0.1) is 0 Å². The molecule has 0 spiro atoms. The van der Waals surface area contributed by atoms with Crippen molar-refractivity contribution in [2.45, 2.75) is 85.3 Å². The number of unbranched alkanes of at least 4 members (excludes halogenated alkanes) is 2. The van der Waals surface area contributed by atoms with Crippen molar-refractivity contribution in [3.63, 3.8) is 0 Å². The second-order valence-electron chi connectivity index (χ2n) is 13.6. The molecule has 0 saturated heterocycles. The third kappa shape index (κ3) is 8.82. The van der Waals surface area contributed by atoms with E-state index in [1.54, 1.807) is 38.1 Å². The first-order chi connectivity index (χ1) is 23.7. The maximum absolute atomic E-state index is 12.6. The predicted octanol–water partition coefficient (Wildman–Crippen LogP) is 3.96. The number of carbonyl (C=O) groups is 1. The van der Waals surface area contributed by atoms with Gasteiger partial charge in [-0.2, -0.15) is 38.2 Å². The van der Waals surface area contributed by atoms with Gasteiger partial charge in [-0.3, -0.25) is 23.0 Å². The van der Waals surface area contributed by atoms with Gasteiger partial charge in [0.15, 0.2) is 5.71 Å². The Morgan fingerprint density at radius 3 is 1.98 bits per heavy atom. The molecular weight excluding hydrogens is 765 g/mol. The van der Waals surface area contributed by atoms with Gasteiger partial charge in [-0.05, 0) is 63.5 Å². The lowest BCUT2D eigenvalue weighted by Crippen LogP contribution is -2.29. The van der Waals surface area contributed by atoms with Crippen molar-refractivity contribution in [3.8, 4) is 0 Å². The lowest BCUT2D eigenvalue weighted by Gasteiger charge is -2.27. The topological polar surface area (TPSA) is 261 Å². The van der Waals surface area contributed by atoms with E-state index in [0.29, 0.717) is 54.5 Å². The minimum atomic E-state index is -5.08. The Morgan fingerprint density at radius 2 is 1.42 bits per heavy atom. The second-order valence-corrected chi connectivity index (χ2v) is 19.4. The van der Waals surface area contributed by atoms with Gasteiger partial charge in [0.2, 0.25) is 5.69 Å². The molecule has 4 rings (SSSR count). The van der Waals surface area contributed by atoms with E-state index in [1.807, 2.05) is 18.4 Å². The van der Waals surface area contributed by atoms with Crippen LogP contribution in [0.4, 0.5) is 11.4 Å². The summed E-state index contributed by atoms with van der Waals surface area (Å²) in [5, 5.41) is 9.02. The molecule has 5 N–H and O–H groups in total. The van der Waals surface area contributed by atoms with E-state index in [9.17, 15) is 56.7 Å². The molecule has 0 fully saturated rings. The molecule has 0 unspecified atom stereocenters. The first kappa shape index (κ1) is 41.3. The summed E-state index contributed by atoms with van der Waals surface area (Å²) >= 11 is 0. The zero-order chi connectivity index (χ0) is 39.2. The average Bonchev–Trinajstić information content (AvgIpc) is 3.33. The number of allylic oxidation sites excluding steroid dienone is 4. The molecule has 0 radical (unpaired) electrons. The highest BCUT2D eigenvalue weighted by Gasteiger charge is 2.46. The Balaban J connectivity index is 1.89. The van der Waals surface area contributed by atoms with Gasteiger partial charge in [0.1, 0.15) is 11.4 Å². The molecule has 0 aromatic heterocycles. The third-order valence-electron chi connectivity index (χ3n) is 9.20. The number of hydrogen-bond donors (Lipinski definition) is 5. The molecule has 2 heterocycles. The molecule has 2 aromatic rings. The molecule has 0 atom stereocenters. The highest BCUT2D eigenvalue weighted by molar-refractivity contribution is 7.87. The Kier molecular flexibility index (Phi) is 11.4. The van der Waals surface area contributed by atoms with E-state index in [-0.39, 0.29) is 35.5 Å². The number of benzene rings is 2. The molecule has 0 aliphatic carbocycles. The van der Waals surface area contributed by atoms with E-state index in [1.165, 1.54) is 17.0 Å². The number of carboxylic acid groups (broad SMARTS) is 1. The standard InChI is InChI=1S/C32H40N2O14S4/c1-31(2)23-18-21(50(40,41)42)13-14-24(23)33(15-7-5-6-12-29(35)36)27(31)10-8-11-28-32(3,4)30-25(34(28)16-9-17-49(37,38)39)19-22(51(43,44)45)20-26(30)52(46,47)48/h8,10-11,13-14,18-20H,5-7,9,12,15-17H2,1-4H3,(H4-,35,36,37,38,39,40,41,42,43,44,45,46,47,48)/p+1. The lowest BCUT2D eigenvalue weighted by molar-refractivity contribution is -0.438. The zero-order valence-corrected chi connectivity index (χ0v) is 32.0. The number of carboxylic acids is 1. The van der Waals surface area contributed by atoms with Crippen molar-refractivity contribution in [2.24, 2.45) is 0 Å². The summed E-state index contributed by atoms with van der Waals surface area (Å²) in [5.74, 6) is -1.61. The second kappa shape index (κ2) is 14.4. The third-order valence-corrected chi connectivity index (χ3v) is 12.6. The Morgan fingerprint density at radius 1 is 0.788 bits per heavy atom. The minimum absolute atomic E-state index is 0.00617. The van der Waals surface area contributed by atoms with Crippen LogP contribution in [0.15, 0.2) is 68.9 Å². The van der Waals surface area contributed by atoms with Crippen LogP contribution in [0.1, 0.15) is 70.9 Å². The van der Waals surface area contributed by atoms with Gasteiger partial charge in [0.05, 0.1) is 21.0 Å². The van der Waals surface area contributed by atoms with E-state index in [0.717, 1.165) is 6.07 Å². The number of nitrogens with zero attached hydrogens (tertiary/aromatic N) is 2. The summed E-state index contributed by atoms with van der Waals surface area (Å²) in [7, 11) is -19.0. The highest BCUT2D eigenvalue weighted by Crippen LogP contribution is 2.51. The molecule has 2 aliphatic heterocycles. The van der Waals surface area contributed by atoms with Crippen molar-refractivity contribution in [2.75, 3.05) is 23.7 Å². The highest BCUT2D eigenvalue weighted by atomic mass is 32.2. The van der Waals surface area contributed by atoms with Crippen molar-refractivity contribution in [3.05, 3.63) is 65.4 Å². The van der Waals surface area contributed by atoms with Crippen LogP contribution >= 0.6 is 0 Å². The fraction of sp³-hybridized carbons (Fsp3) is 0.438. The van der Waals surface area contributed by atoms with E-state index < -0.39 is 72.8 Å². The zero-order valence-electron chi connectivity index (χ0n) is 28.7. The van der Waals surface area contributed by atoms with Gasteiger partial charge in [-0.25, -0.2) is 0 Å². The fourth-order valence-corrected chi connectivity index (χ4v) is 9.31. The summed E-state index contributed by atoms with van der Waals surface area (Å²) in [4.78, 5) is 10.5. The van der Waals surface area contributed by atoms with Crippen LogP contribution in [0.25, 0.3) is 0 Å². The summed E-state index contributed by atoms with van der Waals surface area (Å²) < 4.78 is 138. The molecule has 0 saturated carbocycles. The predicted molar refractivity (Wildman–Crippen MR) is 190 cm³/mol. The summed E-state index contributed by atoms with van der Waals surface area (Å²) in [5.41, 5.74) is 0.0138. The summed E-state index contributed by atoms with van der Waals surface area (Å²) in [6.45, 7) is 7.10.